The smallest absolute Gasteiger partial charge is 0.223 e. The molecule has 3 rings (SSSR count). The Kier molecular flexibility index (Phi) is 4.13. The number of likely N-dealkylation sites (N-methyl/N-ethyl adjacent to an activating group) is 1. The van der Waals surface area contributed by atoms with Crippen LogP contribution in [0.3, 0.4) is 0 Å². The van der Waals surface area contributed by atoms with Crippen LogP contribution in [0.1, 0.15) is 5.82 Å². The predicted octanol–water partition coefficient (Wildman–Crippen LogP) is 0.422. The molecular weight excluding hydrogens is 278 g/mol. The van der Waals surface area contributed by atoms with Crippen LogP contribution >= 0.6 is 0 Å². The average molecular weight is 301 g/mol. The van der Waals surface area contributed by atoms with Crippen molar-refractivity contribution in [2.75, 3.05) is 33.2 Å². The van der Waals surface area contributed by atoms with Gasteiger partial charge in [-0.25, -0.2) is 4.98 Å². The maximum absolute atomic E-state index is 11.6. The molecule has 118 valence electrons. The Morgan fingerprint density at radius 3 is 2.77 bits per heavy atom. The number of amides is 1. The second kappa shape index (κ2) is 6.06. The summed E-state index contributed by atoms with van der Waals surface area (Å²) < 4.78 is 2.13. The Morgan fingerprint density at radius 1 is 1.27 bits per heavy atom. The number of aromatic nitrogens is 2. The fourth-order valence-corrected chi connectivity index (χ4v) is 3.10. The lowest BCUT2D eigenvalue weighted by molar-refractivity contribution is -0.122. The third kappa shape index (κ3) is 2.98. The Hall–Kier alpha value is -1.92. The van der Waals surface area contributed by atoms with Crippen molar-refractivity contribution in [3.63, 3.8) is 0 Å². The highest BCUT2D eigenvalue weighted by atomic mass is 16.1. The highest BCUT2D eigenvalue weighted by Crippen LogP contribution is 2.17. The van der Waals surface area contributed by atoms with Gasteiger partial charge in [-0.2, -0.15) is 0 Å². The van der Waals surface area contributed by atoms with Crippen LogP contribution in [0.4, 0.5) is 0 Å². The fourth-order valence-electron chi connectivity index (χ4n) is 3.10. The molecule has 2 aromatic rings. The van der Waals surface area contributed by atoms with Crippen molar-refractivity contribution in [2.24, 2.45) is 18.7 Å². The van der Waals surface area contributed by atoms with Gasteiger partial charge in [-0.15, -0.1) is 0 Å². The van der Waals surface area contributed by atoms with Crippen LogP contribution in [-0.2, 0) is 18.4 Å². The van der Waals surface area contributed by atoms with E-state index in [2.05, 4.69) is 20.4 Å². The zero-order valence-corrected chi connectivity index (χ0v) is 13.2. The number of carbonyl (C=O) groups excluding carboxylic acids is 1. The number of imidazole rings is 1. The molecule has 1 aromatic heterocycles. The number of nitrogens with two attached hydrogens (primary N) is 1. The van der Waals surface area contributed by atoms with E-state index in [0.717, 1.165) is 43.0 Å². The summed E-state index contributed by atoms with van der Waals surface area (Å²) in [4.78, 5) is 20.8. The van der Waals surface area contributed by atoms with Gasteiger partial charge >= 0.3 is 0 Å². The molecule has 0 aliphatic carbocycles. The van der Waals surface area contributed by atoms with Crippen molar-refractivity contribution in [3.8, 4) is 0 Å². The maximum Gasteiger partial charge on any atom is 0.223 e. The fraction of sp³-hybridized carbons (Fsp3) is 0.500. The lowest BCUT2D eigenvalue weighted by atomic mass is 10.1. The summed E-state index contributed by atoms with van der Waals surface area (Å²) in [5.41, 5.74) is 7.68. The lowest BCUT2D eigenvalue weighted by Crippen LogP contribution is -2.37. The molecule has 0 spiro atoms. The molecule has 1 aliphatic heterocycles. The minimum Gasteiger partial charge on any atom is -0.369 e. The van der Waals surface area contributed by atoms with Gasteiger partial charge in [0, 0.05) is 33.2 Å². The number of carbonyl (C=O) groups is 1. The normalized spacial score (nSPS) is 21.1. The van der Waals surface area contributed by atoms with Crippen LogP contribution in [-0.4, -0.2) is 58.5 Å². The topological polar surface area (TPSA) is 67.4 Å². The molecular formula is C16H23N5O. The Labute approximate surface area is 130 Å². The van der Waals surface area contributed by atoms with E-state index in [9.17, 15) is 4.79 Å². The number of hydrogen-bond acceptors (Lipinski definition) is 4. The molecule has 22 heavy (non-hydrogen) atoms. The van der Waals surface area contributed by atoms with Crippen LogP contribution in [0, 0.1) is 5.92 Å². The highest BCUT2D eigenvalue weighted by Gasteiger charge is 2.25. The summed E-state index contributed by atoms with van der Waals surface area (Å²) in [5.74, 6) is 0.680. The molecule has 1 atom stereocenters. The van der Waals surface area contributed by atoms with Gasteiger partial charge < -0.3 is 15.2 Å². The molecule has 1 aromatic carbocycles. The number of benzene rings is 1. The first-order chi connectivity index (χ1) is 10.5. The summed E-state index contributed by atoms with van der Waals surface area (Å²) in [5, 5.41) is 0. The maximum atomic E-state index is 11.6. The van der Waals surface area contributed by atoms with E-state index in [-0.39, 0.29) is 11.8 Å². The number of primary amides is 1. The third-order valence-corrected chi connectivity index (χ3v) is 4.46. The zero-order chi connectivity index (χ0) is 15.7. The zero-order valence-electron chi connectivity index (χ0n) is 13.2. The summed E-state index contributed by atoms with van der Waals surface area (Å²) >= 11 is 0. The minimum atomic E-state index is -0.219. The van der Waals surface area contributed by atoms with Gasteiger partial charge in [0.2, 0.25) is 5.91 Å². The Morgan fingerprint density at radius 2 is 2.05 bits per heavy atom. The molecule has 2 heterocycles. The molecule has 2 N–H and O–H groups in total. The number of fused-ring (bicyclic) bond motifs is 1. The van der Waals surface area contributed by atoms with Crippen molar-refractivity contribution >= 4 is 16.9 Å². The molecule has 0 radical (unpaired) electrons. The molecule has 0 unspecified atom stereocenters. The molecule has 6 nitrogen and oxygen atoms in total. The second-order valence-corrected chi connectivity index (χ2v) is 6.17. The van der Waals surface area contributed by atoms with Gasteiger partial charge in [-0.1, -0.05) is 12.1 Å². The number of nitrogens with zero attached hydrogens (tertiary/aromatic N) is 4. The predicted molar refractivity (Wildman–Crippen MR) is 86.2 cm³/mol. The van der Waals surface area contributed by atoms with Crippen molar-refractivity contribution in [2.45, 2.75) is 6.54 Å². The number of aryl methyl sites for hydroxylation is 1. The molecule has 0 bridgehead atoms. The first-order valence-electron chi connectivity index (χ1n) is 7.65. The van der Waals surface area contributed by atoms with Crippen LogP contribution in [0.25, 0.3) is 11.0 Å². The van der Waals surface area contributed by atoms with Gasteiger partial charge in [0.15, 0.2) is 0 Å². The van der Waals surface area contributed by atoms with Crippen LogP contribution in [0.2, 0.25) is 0 Å². The van der Waals surface area contributed by atoms with Crippen molar-refractivity contribution in [3.05, 3.63) is 30.1 Å². The van der Waals surface area contributed by atoms with Crippen molar-refractivity contribution < 1.29 is 4.79 Å². The Bertz CT molecular complexity index is 680. The van der Waals surface area contributed by atoms with Crippen LogP contribution in [0.15, 0.2) is 24.3 Å². The number of para-hydroxylation sites is 2. The minimum absolute atomic E-state index is 0.123. The van der Waals surface area contributed by atoms with Crippen LogP contribution in [0.5, 0.6) is 0 Å². The van der Waals surface area contributed by atoms with Gasteiger partial charge in [0.1, 0.15) is 5.82 Å². The number of rotatable bonds is 3. The van der Waals surface area contributed by atoms with Crippen molar-refractivity contribution in [1.29, 1.82) is 0 Å². The summed E-state index contributed by atoms with van der Waals surface area (Å²) in [6.07, 6.45) is 0. The lowest BCUT2D eigenvalue weighted by Gasteiger charge is -2.21. The van der Waals surface area contributed by atoms with Crippen molar-refractivity contribution in [1.82, 2.24) is 19.4 Å². The van der Waals surface area contributed by atoms with E-state index in [4.69, 9.17) is 10.7 Å². The third-order valence-electron chi connectivity index (χ3n) is 4.46. The summed E-state index contributed by atoms with van der Waals surface area (Å²) in [6, 6.07) is 8.14. The first kappa shape index (κ1) is 15.0. The van der Waals surface area contributed by atoms with E-state index in [1.54, 1.807) is 0 Å². The first-order valence-corrected chi connectivity index (χ1v) is 7.65. The largest absolute Gasteiger partial charge is 0.369 e. The van der Waals surface area contributed by atoms with E-state index >= 15 is 0 Å². The monoisotopic (exact) mass is 301 g/mol. The highest BCUT2D eigenvalue weighted by molar-refractivity contribution is 5.77. The standard InChI is InChI=1S/C16H23N5O/c1-19-7-8-21(10-12(9-19)16(17)22)11-15-18-13-5-3-4-6-14(13)20(15)2/h3-6,12H,7-11H2,1-2H3,(H2,17,22)/t12-/m0/s1. The van der Waals surface area contributed by atoms with Gasteiger partial charge in [0.25, 0.3) is 0 Å². The SMILES string of the molecule is CN1CCN(Cc2nc3ccccc3n2C)C[C@@H](C(N)=O)C1. The van der Waals surface area contributed by atoms with E-state index in [1.807, 2.05) is 32.3 Å². The molecule has 6 heteroatoms. The van der Waals surface area contributed by atoms with Crippen LogP contribution < -0.4 is 5.73 Å². The Balaban J connectivity index is 1.81. The van der Waals surface area contributed by atoms with Gasteiger partial charge in [-0.05, 0) is 19.2 Å². The quantitative estimate of drug-likeness (QED) is 0.892. The molecule has 1 fully saturated rings. The number of hydrogen-bond donors (Lipinski definition) is 1. The molecule has 1 saturated heterocycles. The van der Waals surface area contributed by atoms with E-state index < -0.39 is 0 Å². The summed E-state index contributed by atoms with van der Waals surface area (Å²) in [6.45, 7) is 4.03. The van der Waals surface area contributed by atoms with E-state index in [1.165, 1.54) is 0 Å². The average Bonchev–Trinajstić information content (AvgIpc) is 2.67. The molecule has 0 saturated carbocycles. The van der Waals surface area contributed by atoms with E-state index in [0.29, 0.717) is 6.54 Å². The van der Waals surface area contributed by atoms with Gasteiger partial charge in [-0.3, -0.25) is 9.69 Å². The molecule has 1 aliphatic rings. The second-order valence-electron chi connectivity index (χ2n) is 6.17. The summed E-state index contributed by atoms with van der Waals surface area (Å²) in [7, 11) is 4.08. The van der Waals surface area contributed by atoms with Gasteiger partial charge in [0.05, 0.1) is 23.5 Å². The molecule has 1 amide bonds.